The molecule has 0 aromatic heterocycles. The van der Waals surface area contributed by atoms with Crippen molar-refractivity contribution in [1.29, 1.82) is 0 Å². The van der Waals surface area contributed by atoms with E-state index < -0.39 is 5.91 Å². The van der Waals surface area contributed by atoms with Gasteiger partial charge in [0.1, 0.15) is 0 Å². The lowest BCUT2D eigenvalue weighted by atomic mass is 10.1. The number of hydrogen-bond donors (Lipinski definition) is 2. The molecule has 0 heterocycles. The van der Waals surface area contributed by atoms with Crippen molar-refractivity contribution in [3.05, 3.63) is 63.6 Å². The summed E-state index contributed by atoms with van der Waals surface area (Å²) in [5.74, 6) is 1.50. The van der Waals surface area contributed by atoms with Gasteiger partial charge in [0.05, 0.1) is 28.4 Å². The molecular weight excluding hydrogens is 335 g/mol. The first-order valence-electron chi connectivity index (χ1n) is 6.60. The van der Waals surface area contributed by atoms with Crippen LogP contribution in [0.5, 0.6) is 0 Å². The van der Waals surface area contributed by atoms with Crippen molar-refractivity contribution in [2.75, 3.05) is 11.9 Å². The van der Waals surface area contributed by atoms with E-state index in [0.29, 0.717) is 16.3 Å². The summed E-state index contributed by atoms with van der Waals surface area (Å²) >= 11 is 11.8. The van der Waals surface area contributed by atoms with Crippen LogP contribution in [0, 0.1) is 12.3 Å². The number of carbonyl (C=O) groups is 2. The number of para-hydroxylation sites is 1. The third kappa shape index (κ3) is 4.26. The molecule has 2 N–H and O–H groups in total. The van der Waals surface area contributed by atoms with Crippen molar-refractivity contribution in [2.45, 2.75) is 0 Å². The fourth-order valence-corrected chi connectivity index (χ4v) is 2.37. The fraction of sp³-hybridized carbons (Fsp3) is 0.0588. The summed E-state index contributed by atoms with van der Waals surface area (Å²) in [5, 5.41) is 5.87. The maximum atomic E-state index is 12.3. The summed E-state index contributed by atoms with van der Waals surface area (Å²) in [6.45, 7) is 0.101. The number of anilines is 1. The van der Waals surface area contributed by atoms with E-state index in [0.717, 1.165) is 0 Å². The van der Waals surface area contributed by atoms with Crippen LogP contribution in [-0.2, 0) is 0 Å². The minimum Gasteiger partial charge on any atom is -0.341 e. The molecule has 0 aliphatic carbocycles. The van der Waals surface area contributed by atoms with Crippen LogP contribution >= 0.6 is 23.2 Å². The van der Waals surface area contributed by atoms with Crippen molar-refractivity contribution in [2.24, 2.45) is 0 Å². The Bertz CT molecular complexity index is 797. The van der Waals surface area contributed by atoms with Crippen LogP contribution in [0.2, 0.25) is 10.0 Å². The molecule has 0 bridgehead atoms. The maximum absolute atomic E-state index is 12.3. The van der Waals surface area contributed by atoms with Gasteiger partial charge in [-0.3, -0.25) is 9.59 Å². The van der Waals surface area contributed by atoms with Gasteiger partial charge in [0.25, 0.3) is 11.8 Å². The molecule has 0 saturated carbocycles. The first kappa shape index (κ1) is 16.9. The number of halogens is 2. The van der Waals surface area contributed by atoms with Crippen LogP contribution in [0.15, 0.2) is 42.5 Å². The Hall–Kier alpha value is -2.48. The number of hydrogen-bond acceptors (Lipinski definition) is 2. The Morgan fingerprint density at radius 2 is 1.78 bits per heavy atom. The first-order chi connectivity index (χ1) is 11.0. The van der Waals surface area contributed by atoms with Crippen molar-refractivity contribution >= 4 is 40.7 Å². The van der Waals surface area contributed by atoms with Crippen molar-refractivity contribution < 1.29 is 9.59 Å². The summed E-state index contributed by atoms with van der Waals surface area (Å²) in [6.07, 6.45) is 5.12. The van der Waals surface area contributed by atoms with Gasteiger partial charge in [0, 0.05) is 5.02 Å². The quantitative estimate of drug-likeness (QED) is 0.830. The second-order valence-electron chi connectivity index (χ2n) is 4.51. The minimum absolute atomic E-state index is 0.101. The Kier molecular flexibility index (Phi) is 5.64. The molecule has 23 heavy (non-hydrogen) atoms. The molecule has 0 fully saturated rings. The first-order valence-corrected chi connectivity index (χ1v) is 7.35. The standard InChI is InChI=1S/C17H12Cl2N2O2/c1-2-9-20-16(22)13-5-3-4-6-15(13)21-17(23)12-8-7-11(18)10-14(12)19/h1,3-8,10H,9H2,(H,20,22)(H,21,23). The number of amides is 2. The topological polar surface area (TPSA) is 58.2 Å². The molecule has 0 saturated heterocycles. The molecular formula is C17H12Cl2N2O2. The van der Waals surface area contributed by atoms with Gasteiger partial charge in [-0.15, -0.1) is 6.42 Å². The molecule has 2 aromatic carbocycles. The van der Waals surface area contributed by atoms with Gasteiger partial charge >= 0.3 is 0 Å². The molecule has 0 aliphatic heterocycles. The van der Waals surface area contributed by atoms with E-state index in [9.17, 15) is 9.59 Å². The molecule has 0 atom stereocenters. The van der Waals surface area contributed by atoms with E-state index in [1.165, 1.54) is 12.1 Å². The van der Waals surface area contributed by atoms with Crippen LogP contribution in [0.4, 0.5) is 5.69 Å². The summed E-state index contributed by atoms with van der Waals surface area (Å²) in [5.41, 5.74) is 0.925. The van der Waals surface area contributed by atoms with Crippen LogP contribution in [-0.4, -0.2) is 18.4 Å². The highest BCUT2D eigenvalue weighted by Gasteiger charge is 2.15. The minimum atomic E-state index is -0.441. The van der Waals surface area contributed by atoms with Gasteiger partial charge in [-0.1, -0.05) is 41.3 Å². The fourth-order valence-electron chi connectivity index (χ4n) is 1.88. The van der Waals surface area contributed by atoms with Crippen LogP contribution in [0.1, 0.15) is 20.7 Å². The Labute approximate surface area is 143 Å². The number of benzene rings is 2. The third-order valence-electron chi connectivity index (χ3n) is 2.95. The Morgan fingerprint density at radius 1 is 1.04 bits per heavy atom. The van der Waals surface area contributed by atoms with Crippen molar-refractivity contribution in [3.8, 4) is 12.3 Å². The zero-order chi connectivity index (χ0) is 16.8. The summed E-state index contributed by atoms with van der Waals surface area (Å²) in [6, 6.07) is 11.2. The average molecular weight is 347 g/mol. The largest absolute Gasteiger partial charge is 0.341 e. The predicted molar refractivity (Wildman–Crippen MR) is 92.0 cm³/mol. The lowest BCUT2D eigenvalue weighted by Crippen LogP contribution is -2.25. The van der Waals surface area contributed by atoms with Gasteiger partial charge in [-0.2, -0.15) is 0 Å². The molecule has 0 unspecified atom stereocenters. The molecule has 0 aliphatic rings. The van der Waals surface area contributed by atoms with Crippen molar-refractivity contribution in [1.82, 2.24) is 5.32 Å². The van der Waals surface area contributed by atoms with Gasteiger partial charge in [-0.25, -0.2) is 0 Å². The monoisotopic (exact) mass is 346 g/mol. The molecule has 2 rings (SSSR count). The second-order valence-corrected chi connectivity index (χ2v) is 5.35. The molecule has 116 valence electrons. The molecule has 6 heteroatoms. The van der Waals surface area contributed by atoms with Crippen LogP contribution in [0.25, 0.3) is 0 Å². The van der Waals surface area contributed by atoms with E-state index in [2.05, 4.69) is 16.6 Å². The van der Waals surface area contributed by atoms with Crippen LogP contribution in [0.3, 0.4) is 0 Å². The van der Waals surface area contributed by atoms with E-state index in [1.807, 2.05) is 0 Å². The highest BCUT2D eigenvalue weighted by molar-refractivity contribution is 6.37. The Morgan fingerprint density at radius 3 is 2.48 bits per heavy atom. The normalized spacial score (nSPS) is 9.78. The van der Waals surface area contributed by atoms with Gasteiger partial charge in [0.2, 0.25) is 0 Å². The SMILES string of the molecule is C#CCNC(=O)c1ccccc1NC(=O)c1ccc(Cl)cc1Cl. The zero-order valence-electron chi connectivity index (χ0n) is 11.9. The lowest BCUT2D eigenvalue weighted by molar-refractivity contribution is 0.0959. The van der Waals surface area contributed by atoms with E-state index >= 15 is 0 Å². The predicted octanol–water partition coefficient (Wildman–Crippen LogP) is 3.61. The summed E-state index contributed by atoms with van der Waals surface area (Å²) < 4.78 is 0. The molecule has 0 spiro atoms. The van der Waals surface area contributed by atoms with Crippen LogP contribution < -0.4 is 10.6 Å². The molecule has 0 radical (unpaired) electrons. The van der Waals surface area contributed by atoms with E-state index in [-0.39, 0.29) is 23.0 Å². The smallest absolute Gasteiger partial charge is 0.257 e. The van der Waals surface area contributed by atoms with Crippen molar-refractivity contribution in [3.63, 3.8) is 0 Å². The second kappa shape index (κ2) is 7.68. The summed E-state index contributed by atoms with van der Waals surface area (Å²) in [4.78, 5) is 24.4. The van der Waals surface area contributed by atoms with Gasteiger partial charge in [0.15, 0.2) is 0 Å². The highest BCUT2D eigenvalue weighted by atomic mass is 35.5. The van der Waals surface area contributed by atoms with Gasteiger partial charge < -0.3 is 10.6 Å². The highest BCUT2D eigenvalue weighted by Crippen LogP contribution is 2.23. The molecule has 4 nitrogen and oxygen atoms in total. The number of nitrogens with one attached hydrogen (secondary N) is 2. The maximum Gasteiger partial charge on any atom is 0.257 e. The average Bonchev–Trinajstić information content (AvgIpc) is 2.53. The van der Waals surface area contributed by atoms with Gasteiger partial charge in [-0.05, 0) is 30.3 Å². The lowest BCUT2D eigenvalue weighted by Gasteiger charge is -2.11. The summed E-state index contributed by atoms with van der Waals surface area (Å²) in [7, 11) is 0. The van der Waals surface area contributed by atoms with E-state index in [4.69, 9.17) is 29.6 Å². The Balaban J connectivity index is 2.25. The number of terminal acetylenes is 1. The zero-order valence-corrected chi connectivity index (χ0v) is 13.4. The molecule has 2 aromatic rings. The number of rotatable bonds is 4. The molecule has 2 amide bonds. The third-order valence-corrected chi connectivity index (χ3v) is 3.49. The van der Waals surface area contributed by atoms with E-state index in [1.54, 1.807) is 30.3 Å². The number of carbonyl (C=O) groups excluding carboxylic acids is 2.